The molecule has 0 aliphatic rings. The number of aliphatic carboxylic acids is 1. The Kier molecular flexibility index (Phi) is 6.47. The van der Waals surface area contributed by atoms with Crippen LogP contribution in [0.1, 0.15) is 12.3 Å². The number of carboxylic acid groups (broad SMARTS) is 1. The molecule has 2 N–H and O–H groups in total. The Balaban J connectivity index is 1.84. The van der Waals surface area contributed by atoms with Gasteiger partial charge in [0.1, 0.15) is 5.75 Å². The van der Waals surface area contributed by atoms with Gasteiger partial charge in [-0.25, -0.2) is 4.79 Å². The lowest BCUT2D eigenvalue weighted by atomic mass is 10.2. The maximum Gasteiger partial charge on any atom is 0.334 e. The summed E-state index contributed by atoms with van der Waals surface area (Å²) in [5, 5.41) is 15.2. The van der Waals surface area contributed by atoms with Crippen LogP contribution in [0.15, 0.2) is 28.8 Å². The molecule has 9 nitrogen and oxygen atoms in total. The van der Waals surface area contributed by atoms with E-state index >= 15 is 0 Å². The number of methoxy groups -OCH3 is 2. The van der Waals surface area contributed by atoms with E-state index in [9.17, 15) is 9.59 Å². The molecule has 1 heterocycles. The van der Waals surface area contributed by atoms with Crippen LogP contribution >= 0.6 is 0 Å². The minimum absolute atomic E-state index is 0.0975. The second-order valence-electron chi connectivity index (χ2n) is 5.11. The van der Waals surface area contributed by atoms with Gasteiger partial charge in [0.15, 0.2) is 6.10 Å². The topological polar surface area (TPSA) is 124 Å². The first-order valence-electron chi connectivity index (χ1n) is 7.52. The summed E-state index contributed by atoms with van der Waals surface area (Å²) in [6.45, 7) is -0.106. The highest BCUT2D eigenvalue weighted by molar-refractivity contribution is 5.78. The van der Waals surface area contributed by atoms with Gasteiger partial charge in [-0.1, -0.05) is 5.16 Å². The van der Waals surface area contributed by atoms with Crippen molar-refractivity contribution in [1.82, 2.24) is 15.5 Å². The molecule has 0 aliphatic carbocycles. The third kappa shape index (κ3) is 5.28. The molecule has 0 aliphatic heterocycles. The number of rotatable bonds is 9. The van der Waals surface area contributed by atoms with E-state index in [-0.39, 0.29) is 25.3 Å². The predicted molar refractivity (Wildman–Crippen MR) is 86.0 cm³/mol. The number of carboxylic acids is 1. The van der Waals surface area contributed by atoms with Gasteiger partial charge >= 0.3 is 5.97 Å². The molecule has 2 rings (SSSR count). The van der Waals surface area contributed by atoms with E-state index in [4.69, 9.17) is 19.1 Å². The Hall–Kier alpha value is -2.94. The highest BCUT2D eigenvalue weighted by Crippen LogP contribution is 2.19. The maximum atomic E-state index is 11.7. The van der Waals surface area contributed by atoms with Crippen LogP contribution in [0.4, 0.5) is 0 Å². The van der Waals surface area contributed by atoms with Gasteiger partial charge in [-0.3, -0.25) is 4.79 Å². The predicted octanol–water partition coefficient (Wildman–Crippen LogP) is 0.894. The number of benzene rings is 1. The average Bonchev–Trinajstić information content (AvgIpc) is 3.09. The maximum absolute atomic E-state index is 11.7. The van der Waals surface area contributed by atoms with Crippen LogP contribution < -0.4 is 10.1 Å². The number of carbonyl (C=O) groups excluding carboxylic acids is 1. The number of hydrogen-bond acceptors (Lipinski definition) is 7. The van der Waals surface area contributed by atoms with E-state index in [1.54, 1.807) is 31.4 Å². The Morgan fingerprint density at radius 2 is 2.00 bits per heavy atom. The summed E-state index contributed by atoms with van der Waals surface area (Å²) < 4.78 is 14.9. The molecule has 1 aromatic carbocycles. The number of amides is 1. The van der Waals surface area contributed by atoms with Gasteiger partial charge in [-0.05, 0) is 24.3 Å². The number of carbonyl (C=O) groups is 2. The Morgan fingerprint density at radius 3 is 2.60 bits per heavy atom. The van der Waals surface area contributed by atoms with Crippen molar-refractivity contribution in [3.05, 3.63) is 30.2 Å². The normalized spacial score (nSPS) is 11.8. The lowest BCUT2D eigenvalue weighted by Crippen LogP contribution is -2.37. The van der Waals surface area contributed by atoms with Crippen LogP contribution in [0.3, 0.4) is 0 Å². The van der Waals surface area contributed by atoms with Crippen LogP contribution in [0.5, 0.6) is 5.75 Å². The van der Waals surface area contributed by atoms with Crippen LogP contribution in [-0.4, -0.2) is 54.0 Å². The van der Waals surface area contributed by atoms with Crippen molar-refractivity contribution in [1.29, 1.82) is 0 Å². The molecular weight excluding hydrogens is 330 g/mol. The zero-order chi connectivity index (χ0) is 18.2. The van der Waals surface area contributed by atoms with Gasteiger partial charge in [0.2, 0.25) is 17.6 Å². The van der Waals surface area contributed by atoms with Crippen molar-refractivity contribution in [2.75, 3.05) is 20.8 Å². The van der Waals surface area contributed by atoms with E-state index in [0.29, 0.717) is 11.7 Å². The lowest BCUT2D eigenvalue weighted by molar-refractivity contribution is -0.148. The Labute approximate surface area is 143 Å². The second kappa shape index (κ2) is 8.78. The molecule has 134 valence electrons. The van der Waals surface area contributed by atoms with Crippen LogP contribution in [-0.2, 0) is 20.7 Å². The minimum atomic E-state index is -1.14. The van der Waals surface area contributed by atoms with Crippen molar-refractivity contribution >= 4 is 11.9 Å². The molecule has 0 saturated heterocycles. The molecule has 0 spiro atoms. The second-order valence-corrected chi connectivity index (χ2v) is 5.11. The first kappa shape index (κ1) is 18.4. The number of ether oxygens (including phenoxy) is 2. The van der Waals surface area contributed by atoms with Crippen molar-refractivity contribution < 1.29 is 28.7 Å². The Morgan fingerprint density at radius 1 is 1.28 bits per heavy atom. The summed E-state index contributed by atoms with van der Waals surface area (Å²) in [6.07, 6.45) is -0.728. The molecule has 1 atom stereocenters. The first-order valence-corrected chi connectivity index (χ1v) is 7.52. The van der Waals surface area contributed by atoms with Crippen molar-refractivity contribution in [3.63, 3.8) is 0 Å². The molecule has 1 amide bonds. The van der Waals surface area contributed by atoms with E-state index in [1.165, 1.54) is 7.11 Å². The van der Waals surface area contributed by atoms with E-state index < -0.39 is 12.1 Å². The van der Waals surface area contributed by atoms with Crippen molar-refractivity contribution in [2.45, 2.75) is 18.9 Å². The van der Waals surface area contributed by atoms with Crippen molar-refractivity contribution in [3.8, 4) is 17.1 Å². The molecule has 25 heavy (non-hydrogen) atoms. The SMILES string of the molecule is COc1ccc(-c2noc(CCC(=O)NCC(OC)C(=O)O)n2)cc1. The molecule has 0 saturated carbocycles. The zero-order valence-corrected chi connectivity index (χ0v) is 13.9. The monoisotopic (exact) mass is 349 g/mol. The average molecular weight is 349 g/mol. The number of nitrogens with zero attached hydrogens (tertiary/aromatic N) is 2. The van der Waals surface area contributed by atoms with E-state index in [1.807, 2.05) is 0 Å². The van der Waals surface area contributed by atoms with Crippen LogP contribution in [0.25, 0.3) is 11.4 Å². The molecule has 9 heteroatoms. The van der Waals surface area contributed by atoms with E-state index in [0.717, 1.165) is 11.3 Å². The summed E-state index contributed by atoms with van der Waals surface area (Å²) in [6, 6.07) is 7.18. The zero-order valence-electron chi connectivity index (χ0n) is 13.9. The van der Waals surface area contributed by atoms with Crippen LogP contribution in [0.2, 0.25) is 0 Å². The highest BCUT2D eigenvalue weighted by Gasteiger charge is 2.17. The third-order valence-corrected chi connectivity index (χ3v) is 3.43. The molecule has 0 fully saturated rings. The molecule has 1 unspecified atom stereocenters. The summed E-state index contributed by atoms with van der Waals surface area (Å²) in [4.78, 5) is 26.8. The molecule has 1 aromatic heterocycles. The number of nitrogens with one attached hydrogen (secondary N) is 1. The summed E-state index contributed by atoms with van der Waals surface area (Å²) in [5.41, 5.74) is 0.768. The number of aryl methyl sites for hydroxylation is 1. The third-order valence-electron chi connectivity index (χ3n) is 3.43. The Bertz CT molecular complexity index is 713. The summed E-state index contributed by atoms with van der Waals surface area (Å²) in [5.74, 6) is 0.00192. The fourth-order valence-corrected chi connectivity index (χ4v) is 2.00. The van der Waals surface area contributed by atoms with Gasteiger partial charge in [-0.15, -0.1) is 0 Å². The fourth-order valence-electron chi connectivity index (χ4n) is 2.00. The molecule has 0 bridgehead atoms. The standard InChI is InChI=1S/C16H19N3O6/c1-23-11-5-3-10(4-6-11)15-18-14(25-19-15)8-7-13(20)17-9-12(24-2)16(21)22/h3-6,12H,7-9H2,1-2H3,(H,17,20)(H,21,22). The highest BCUT2D eigenvalue weighted by atomic mass is 16.5. The van der Waals surface area contributed by atoms with Gasteiger partial charge in [0.25, 0.3) is 0 Å². The van der Waals surface area contributed by atoms with Crippen molar-refractivity contribution in [2.24, 2.45) is 0 Å². The minimum Gasteiger partial charge on any atom is -0.497 e. The van der Waals surface area contributed by atoms with Gasteiger partial charge < -0.3 is 24.4 Å². The van der Waals surface area contributed by atoms with Gasteiger partial charge in [0.05, 0.1) is 13.7 Å². The molecule has 0 radical (unpaired) electrons. The first-order chi connectivity index (χ1) is 12.0. The smallest absolute Gasteiger partial charge is 0.334 e. The molecule has 2 aromatic rings. The van der Waals surface area contributed by atoms with Gasteiger partial charge in [-0.2, -0.15) is 4.98 Å². The summed E-state index contributed by atoms with van der Waals surface area (Å²) >= 11 is 0. The largest absolute Gasteiger partial charge is 0.497 e. The lowest BCUT2D eigenvalue weighted by Gasteiger charge is -2.10. The van der Waals surface area contributed by atoms with Gasteiger partial charge in [0, 0.05) is 25.5 Å². The van der Waals surface area contributed by atoms with E-state index in [2.05, 4.69) is 15.5 Å². The summed E-state index contributed by atoms with van der Waals surface area (Å²) in [7, 11) is 2.85. The molecular formula is C16H19N3O6. The number of hydrogen-bond donors (Lipinski definition) is 2. The number of aromatic nitrogens is 2. The fraction of sp³-hybridized carbons (Fsp3) is 0.375. The quantitative estimate of drug-likeness (QED) is 0.684. The van der Waals surface area contributed by atoms with Crippen LogP contribution in [0, 0.1) is 0 Å².